The summed E-state index contributed by atoms with van der Waals surface area (Å²) < 4.78 is 0. The first-order valence-electron chi connectivity index (χ1n) is 5.37. The predicted molar refractivity (Wildman–Crippen MR) is 65.3 cm³/mol. The Morgan fingerprint density at radius 2 is 1.94 bits per heavy atom. The highest BCUT2D eigenvalue weighted by atomic mass is 14.7. The second kappa shape index (κ2) is 3.81. The summed E-state index contributed by atoms with van der Waals surface area (Å²) in [4.78, 5) is 7.48. The highest BCUT2D eigenvalue weighted by molar-refractivity contribution is 5.79. The third-order valence-electron chi connectivity index (χ3n) is 2.72. The van der Waals surface area contributed by atoms with Crippen LogP contribution in [0.15, 0.2) is 54.9 Å². The Kier molecular flexibility index (Phi) is 2.18. The third-order valence-corrected chi connectivity index (χ3v) is 2.72. The normalized spacial score (nSPS) is 10.8. The standard InChI is InChI=1S/C14H12N2/c1-2-4-11(5-3-1)8-13-9-12-6-7-15-10-14(12)16-13/h1-7,9-10,16H,8H2. The molecule has 0 saturated heterocycles. The number of nitrogens with one attached hydrogen (secondary N) is 1. The van der Waals surface area contributed by atoms with Gasteiger partial charge in [0.15, 0.2) is 0 Å². The van der Waals surface area contributed by atoms with Gasteiger partial charge < -0.3 is 4.98 Å². The Morgan fingerprint density at radius 1 is 1.06 bits per heavy atom. The minimum atomic E-state index is 0.940. The van der Waals surface area contributed by atoms with Gasteiger partial charge in [-0.2, -0.15) is 0 Å². The Morgan fingerprint density at radius 3 is 2.75 bits per heavy atom. The number of hydrogen-bond donors (Lipinski definition) is 1. The molecule has 0 aliphatic carbocycles. The number of H-pyrrole nitrogens is 1. The van der Waals surface area contributed by atoms with Crippen LogP contribution in [0.3, 0.4) is 0 Å². The molecule has 2 aromatic heterocycles. The van der Waals surface area contributed by atoms with Crippen molar-refractivity contribution in [1.82, 2.24) is 9.97 Å². The minimum absolute atomic E-state index is 0.940. The Balaban J connectivity index is 1.95. The quantitative estimate of drug-likeness (QED) is 0.688. The van der Waals surface area contributed by atoms with Crippen molar-refractivity contribution in [3.63, 3.8) is 0 Å². The zero-order chi connectivity index (χ0) is 10.8. The van der Waals surface area contributed by atoms with E-state index in [9.17, 15) is 0 Å². The SMILES string of the molecule is c1ccc(Cc2cc3ccncc3[nH]2)cc1. The largest absolute Gasteiger partial charge is 0.357 e. The second-order valence-corrected chi connectivity index (χ2v) is 3.92. The average Bonchev–Trinajstić information content (AvgIpc) is 2.72. The molecule has 0 unspecified atom stereocenters. The molecule has 0 aliphatic rings. The Bertz CT molecular complexity index is 563. The molecule has 2 heteroatoms. The minimum Gasteiger partial charge on any atom is -0.357 e. The van der Waals surface area contributed by atoms with Crippen LogP contribution in [0.1, 0.15) is 11.3 Å². The fourth-order valence-electron chi connectivity index (χ4n) is 1.94. The second-order valence-electron chi connectivity index (χ2n) is 3.92. The summed E-state index contributed by atoms with van der Waals surface area (Å²) in [5.41, 5.74) is 3.66. The van der Waals surface area contributed by atoms with Gasteiger partial charge in [0, 0.05) is 23.7 Å². The summed E-state index contributed by atoms with van der Waals surface area (Å²) >= 11 is 0. The topological polar surface area (TPSA) is 28.7 Å². The average molecular weight is 208 g/mol. The van der Waals surface area contributed by atoms with Crippen LogP contribution in [-0.4, -0.2) is 9.97 Å². The van der Waals surface area contributed by atoms with Crippen LogP contribution < -0.4 is 0 Å². The van der Waals surface area contributed by atoms with Crippen molar-refractivity contribution in [3.05, 3.63) is 66.1 Å². The molecule has 2 heterocycles. The van der Waals surface area contributed by atoms with E-state index in [0.29, 0.717) is 0 Å². The van der Waals surface area contributed by atoms with Crippen LogP contribution in [0.4, 0.5) is 0 Å². The van der Waals surface area contributed by atoms with Crippen molar-refractivity contribution >= 4 is 10.9 Å². The molecule has 16 heavy (non-hydrogen) atoms. The Hall–Kier alpha value is -2.09. The van der Waals surface area contributed by atoms with Gasteiger partial charge in [0.25, 0.3) is 0 Å². The van der Waals surface area contributed by atoms with E-state index in [1.54, 1.807) is 0 Å². The van der Waals surface area contributed by atoms with E-state index in [4.69, 9.17) is 0 Å². The molecule has 2 nitrogen and oxygen atoms in total. The number of aromatic nitrogens is 2. The molecule has 1 N–H and O–H groups in total. The van der Waals surface area contributed by atoms with Gasteiger partial charge in [-0.15, -0.1) is 0 Å². The number of rotatable bonds is 2. The highest BCUT2D eigenvalue weighted by Crippen LogP contribution is 2.16. The van der Waals surface area contributed by atoms with Crippen LogP contribution in [0.25, 0.3) is 10.9 Å². The van der Waals surface area contributed by atoms with Crippen LogP contribution in [0, 0.1) is 0 Å². The molecule has 0 fully saturated rings. The molecule has 3 rings (SSSR count). The van der Waals surface area contributed by atoms with Gasteiger partial charge in [-0.25, -0.2) is 0 Å². The van der Waals surface area contributed by atoms with Crippen LogP contribution >= 0.6 is 0 Å². The fourth-order valence-corrected chi connectivity index (χ4v) is 1.94. The first-order valence-corrected chi connectivity index (χ1v) is 5.37. The number of pyridine rings is 1. The zero-order valence-corrected chi connectivity index (χ0v) is 8.85. The van der Waals surface area contributed by atoms with Gasteiger partial charge in [0.2, 0.25) is 0 Å². The molecule has 0 spiro atoms. The molecule has 0 bridgehead atoms. The van der Waals surface area contributed by atoms with Gasteiger partial charge in [-0.05, 0) is 17.7 Å². The van der Waals surface area contributed by atoms with E-state index in [0.717, 1.165) is 11.9 Å². The molecule has 0 atom stereocenters. The van der Waals surface area contributed by atoms with Gasteiger partial charge in [-0.3, -0.25) is 4.98 Å². The smallest absolute Gasteiger partial charge is 0.0642 e. The van der Waals surface area contributed by atoms with Crippen molar-refractivity contribution in [2.45, 2.75) is 6.42 Å². The zero-order valence-electron chi connectivity index (χ0n) is 8.85. The van der Waals surface area contributed by atoms with Gasteiger partial charge >= 0.3 is 0 Å². The molecule has 1 aromatic carbocycles. The molecular formula is C14H12N2. The highest BCUT2D eigenvalue weighted by Gasteiger charge is 2.00. The maximum absolute atomic E-state index is 4.10. The monoisotopic (exact) mass is 208 g/mol. The van der Waals surface area contributed by atoms with Crippen molar-refractivity contribution in [3.8, 4) is 0 Å². The number of fused-ring (bicyclic) bond motifs is 1. The maximum Gasteiger partial charge on any atom is 0.0642 e. The van der Waals surface area contributed by atoms with E-state index in [1.165, 1.54) is 16.6 Å². The van der Waals surface area contributed by atoms with Gasteiger partial charge in [0.1, 0.15) is 0 Å². The van der Waals surface area contributed by atoms with Crippen molar-refractivity contribution < 1.29 is 0 Å². The number of hydrogen-bond acceptors (Lipinski definition) is 1. The first-order chi connectivity index (χ1) is 7.92. The first kappa shape index (κ1) is 9.16. The molecule has 0 saturated carbocycles. The summed E-state index contributed by atoms with van der Waals surface area (Å²) in [6.45, 7) is 0. The molecule has 0 amide bonds. The van der Waals surface area contributed by atoms with Gasteiger partial charge in [-0.1, -0.05) is 30.3 Å². The predicted octanol–water partition coefficient (Wildman–Crippen LogP) is 3.15. The molecular weight excluding hydrogens is 196 g/mol. The summed E-state index contributed by atoms with van der Waals surface area (Å²) in [5, 5.41) is 1.22. The van der Waals surface area contributed by atoms with Crippen LogP contribution in [-0.2, 0) is 6.42 Å². The summed E-state index contributed by atoms with van der Waals surface area (Å²) in [6, 6.07) is 14.7. The third kappa shape index (κ3) is 1.70. The van der Waals surface area contributed by atoms with Crippen molar-refractivity contribution in [2.24, 2.45) is 0 Å². The lowest BCUT2D eigenvalue weighted by molar-refractivity contribution is 1.12. The summed E-state index contributed by atoms with van der Waals surface area (Å²) in [7, 11) is 0. The number of benzene rings is 1. The van der Waals surface area contributed by atoms with Gasteiger partial charge in [0.05, 0.1) is 11.7 Å². The van der Waals surface area contributed by atoms with Crippen LogP contribution in [0.2, 0.25) is 0 Å². The maximum atomic E-state index is 4.10. The van der Waals surface area contributed by atoms with E-state index < -0.39 is 0 Å². The Labute approximate surface area is 94.0 Å². The van der Waals surface area contributed by atoms with Crippen LogP contribution in [0.5, 0.6) is 0 Å². The van der Waals surface area contributed by atoms with Crippen molar-refractivity contribution in [2.75, 3.05) is 0 Å². The lowest BCUT2D eigenvalue weighted by atomic mass is 10.1. The summed E-state index contributed by atoms with van der Waals surface area (Å²) in [5.74, 6) is 0. The number of aromatic amines is 1. The number of nitrogens with zero attached hydrogens (tertiary/aromatic N) is 1. The van der Waals surface area contributed by atoms with Crippen molar-refractivity contribution in [1.29, 1.82) is 0 Å². The fraction of sp³-hybridized carbons (Fsp3) is 0.0714. The molecule has 3 aromatic rings. The molecule has 78 valence electrons. The van der Waals surface area contributed by atoms with E-state index >= 15 is 0 Å². The lowest BCUT2D eigenvalue weighted by Crippen LogP contribution is -1.86. The van der Waals surface area contributed by atoms with E-state index in [-0.39, 0.29) is 0 Å². The molecule has 0 radical (unpaired) electrons. The summed E-state index contributed by atoms with van der Waals surface area (Å²) in [6.07, 6.45) is 4.63. The lowest BCUT2D eigenvalue weighted by Gasteiger charge is -1.97. The van der Waals surface area contributed by atoms with E-state index in [2.05, 4.69) is 40.3 Å². The molecule has 0 aliphatic heterocycles. The van der Waals surface area contributed by atoms with E-state index in [1.807, 2.05) is 24.5 Å².